The molecule has 0 aliphatic rings. The number of nitrogens with zero attached hydrogens (tertiary/aromatic N) is 2. The number of rotatable bonds is 3. The smallest absolute Gasteiger partial charge is 0.168 e. The fourth-order valence-corrected chi connectivity index (χ4v) is 2.20. The van der Waals surface area contributed by atoms with E-state index < -0.39 is 0 Å². The highest BCUT2D eigenvalue weighted by molar-refractivity contribution is 6.99. The predicted molar refractivity (Wildman–Crippen MR) is 69.0 cm³/mol. The first-order valence-corrected chi connectivity index (χ1v) is 6.10. The molecule has 0 fully saturated rings. The zero-order valence-electron chi connectivity index (χ0n) is 9.74. The summed E-state index contributed by atoms with van der Waals surface area (Å²) in [7, 11) is 0. The Morgan fingerprint density at radius 3 is 2.81 bits per heavy atom. The molecule has 1 N–H and O–H groups in total. The van der Waals surface area contributed by atoms with Crippen LogP contribution in [0.1, 0.15) is 18.1 Å². The van der Waals surface area contributed by atoms with Crippen LogP contribution in [0.5, 0.6) is 0 Å². The number of aryl methyl sites for hydroxylation is 1. The van der Waals surface area contributed by atoms with Crippen LogP contribution in [-0.4, -0.2) is 15.3 Å². The molecule has 2 rings (SSSR count). The van der Waals surface area contributed by atoms with Crippen LogP contribution in [-0.2, 0) is 0 Å². The number of aromatic nitrogens is 2. The van der Waals surface area contributed by atoms with Gasteiger partial charge < -0.3 is 5.32 Å². The van der Waals surface area contributed by atoms with Gasteiger partial charge in [-0.1, -0.05) is 18.2 Å². The molecule has 3 nitrogen and oxygen atoms in total. The first kappa shape index (κ1) is 11.1. The van der Waals surface area contributed by atoms with E-state index >= 15 is 0 Å². The van der Waals surface area contributed by atoms with E-state index in [1.165, 1.54) is 28.4 Å². The molecule has 84 valence electrons. The minimum absolute atomic E-state index is 0.864. The molecule has 4 heteroatoms. The van der Waals surface area contributed by atoms with E-state index in [0.717, 1.165) is 18.1 Å². The van der Waals surface area contributed by atoms with Gasteiger partial charge in [-0.25, -0.2) is 0 Å². The van der Waals surface area contributed by atoms with E-state index in [1.54, 1.807) is 0 Å². The van der Waals surface area contributed by atoms with E-state index in [-0.39, 0.29) is 0 Å². The summed E-state index contributed by atoms with van der Waals surface area (Å²) in [6.45, 7) is 7.17. The minimum atomic E-state index is 0.864. The van der Waals surface area contributed by atoms with Crippen molar-refractivity contribution in [3.63, 3.8) is 0 Å². The summed E-state index contributed by atoms with van der Waals surface area (Å²) in [5.41, 5.74) is 4.69. The molecule has 0 atom stereocenters. The monoisotopic (exact) mass is 233 g/mol. The molecule has 0 unspecified atom stereocenters. The van der Waals surface area contributed by atoms with Crippen molar-refractivity contribution in [2.75, 3.05) is 11.9 Å². The summed E-state index contributed by atoms with van der Waals surface area (Å²) in [6.07, 6.45) is 0. The number of nitrogens with one attached hydrogen (secondary N) is 1. The molecular formula is C12H15N3S. The molecule has 0 saturated heterocycles. The van der Waals surface area contributed by atoms with Gasteiger partial charge in [-0.2, -0.15) is 8.75 Å². The van der Waals surface area contributed by atoms with Crippen molar-refractivity contribution in [3.8, 4) is 11.3 Å². The van der Waals surface area contributed by atoms with Crippen molar-refractivity contribution in [1.29, 1.82) is 0 Å². The topological polar surface area (TPSA) is 37.8 Å². The van der Waals surface area contributed by atoms with Gasteiger partial charge in [-0.05, 0) is 31.9 Å². The van der Waals surface area contributed by atoms with E-state index in [2.05, 4.69) is 53.0 Å². The highest BCUT2D eigenvalue weighted by atomic mass is 32.1. The molecule has 1 heterocycles. The second kappa shape index (κ2) is 4.61. The third-order valence-corrected chi connectivity index (χ3v) is 3.22. The Balaban J connectivity index is 2.50. The molecule has 16 heavy (non-hydrogen) atoms. The van der Waals surface area contributed by atoms with Crippen molar-refractivity contribution in [1.82, 2.24) is 8.75 Å². The Morgan fingerprint density at radius 1 is 1.25 bits per heavy atom. The summed E-state index contributed by atoms with van der Waals surface area (Å²) < 4.78 is 8.65. The van der Waals surface area contributed by atoms with Gasteiger partial charge in [-0.3, -0.25) is 0 Å². The standard InChI is InChI=1S/C12H15N3S/c1-4-13-12-11(14-16-15-12)10-7-5-6-8(2)9(10)3/h5-7H,4H2,1-3H3,(H,13,15). The number of anilines is 1. The molecule has 0 aliphatic carbocycles. The van der Waals surface area contributed by atoms with Gasteiger partial charge in [0.05, 0.1) is 11.7 Å². The lowest BCUT2D eigenvalue weighted by atomic mass is 10.0. The highest BCUT2D eigenvalue weighted by Gasteiger charge is 2.12. The number of hydrogen-bond acceptors (Lipinski definition) is 4. The Kier molecular flexibility index (Phi) is 3.19. The van der Waals surface area contributed by atoms with Crippen LogP contribution >= 0.6 is 11.7 Å². The molecular weight excluding hydrogens is 218 g/mol. The van der Waals surface area contributed by atoms with Crippen LogP contribution < -0.4 is 5.32 Å². The maximum Gasteiger partial charge on any atom is 0.168 e. The zero-order chi connectivity index (χ0) is 11.5. The van der Waals surface area contributed by atoms with Crippen molar-refractivity contribution in [2.24, 2.45) is 0 Å². The molecule has 0 spiro atoms. The average molecular weight is 233 g/mol. The van der Waals surface area contributed by atoms with Crippen molar-refractivity contribution < 1.29 is 0 Å². The maximum atomic E-state index is 4.38. The molecule has 2 aromatic rings. The van der Waals surface area contributed by atoms with Crippen molar-refractivity contribution >= 4 is 17.5 Å². The summed E-state index contributed by atoms with van der Waals surface area (Å²) in [4.78, 5) is 0. The van der Waals surface area contributed by atoms with Gasteiger partial charge in [0, 0.05) is 12.1 Å². The largest absolute Gasteiger partial charge is 0.368 e. The number of benzene rings is 1. The fourth-order valence-electron chi connectivity index (χ4n) is 1.66. The average Bonchev–Trinajstić information content (AvgIpc) is 2.71. The van der Waals surface area contributed by atoms with Gasteiger partial charge >= 0.3 is 0 Å². The van der Waals surface area contributed by atoms with E-state index in [0.29, 0.717) is 0 Å². The SMILES string of the molecule is CCNc1nsnc1-c1cccc(C)c1C. The summed E-state index contributed by atoms with van der Waals surface area (Å²) >= 11 is 1.25. The molecule has 0 radical (unpaired) electrons. The lowest BCUT2D eigenvalue weighted by molar-refractivity contribution is 1.19. The maximum absolute atomic E-state index is 4.38. The fraction of sp³-hybridized carbons (Fsp3) is 0.333. The molecule has 1 aromatic carbocycles. The number of hydrogen-bond donors (Lipinski definition) is 1. The predicted octanol–water partition coefficient (Wildman–Crippen LogP) is 3.25. The van der Waals surface area contributed by atoms with Crippen LogP contribution in [0.15, 0.2) is 18.2 Å². The van der Waals surface area contributed by atoms with E-state index in [4.69, 9.17) is 0 Å². The summed E-state index contributed by atoms with van der Waals surface area (Å²) in [5.74, 6) is 0.890. The summed E-state index contributed by atoms with van der Waals surface area (Å²) in [6, 6.07) is 6.28. The minimum Gasteiger partial charge on any atom is -0.368 e. The molecule has 1 aromatic heterocycles. The summed E-state index contributed by atoms with van der Waals surface area (Å²) in [5, 5.41) is 3.24. The van der Waals surface area contributed by atoms with Crippen LogP contribution in [0.25, 0.3) is 11.3 Å². The Morgan fingerprint density at radius 2 is 2.06 bits per heavy atom. The van der Waals surface area contributed by atoms with Crippen molar-refractivity contribution in [2.45, 2.75) is 20.8 Å². The van der Waals surface area contributed by atoms with Crippen LogP contribution in [0.2, 0.25) is 0 Å². The van der Waals surface area contributed by atoms with Gasteiger partial charge in [0.2, 0.25) is 0 Å². The normalized spacial score (nSPS) is 10.4. The molecule has 0 amide bonds. The molecule has 0 saturated carbocycles. The Labute approximate surface area is 99.9 Å². The lowest BCUT2D eigenvalue weighted by Crippen LogP contribution is -1.99. The quantitative estimate of drug-likeness (QED) is 0.884. The first-order chi connectivity index (χ1) is 7.74. The van der Waals surface area contributed by atoms with E-state index in [1.807, 2.05) is 0 Å². The van der Waals surface area contributed by atoms with Gasteiger partial charge in [0.25, 0.3) is 0 Å². The molecule has 0 bridgehead atoms. The van der Waals surface area contributed by atoms with Crippen LogP contribution in [0, 0.1) is 13.8 Å². The highest BCUT2D eigenvalue weighted by Crippen LogP contribution is 2.29. The second-order valence-corrected chi connectivity index (χ2v) is 4.27. The van der Waals surface area contributed by atoms with Gasteiger partial charge in [-0.15, -0.1) is 0 Å². The third kappa shape index (κ3) is 1.93. The third-order valence-electron chi connectivity index (χ3n) is 2.69. The lowest BCUT2D eigenvalue weighted by Gasteiger charge is -2.07. The van der Waals surface area contributed by atoms with Crippen LogP contribution in [0.3, 0.4) is 0 Å². The Bertz CT molecular complexity index is 491. The van der Waals surface area contributed by atoms with Gasteiger partial charge in [0.15, 0.2) is 5.82 Å². The first-order valence-electron chi connectivity index (χ1n) is 5.37. The zero-order valence-corrected chi connectivity index (χ0v) is 10.6. The molecule has 0 aliphatic heterocycles. The Hall–Kier alpha value is -1.42. The van der Waals surface area contributed by atoms with Gasteiger partial charge in [0.1, 0.15) is 5.69 Å². The van der Waals surface area contributed by atoms with Crippen molar-refractivity contribution in [3.05, 3.63) is 29.3 Å². The van der Waals surface area contributed by atoms with Crippen LogP contribution in [0.4, 0.5) is 5.82 Å². The van der Waals surface area contributed by atoms with E-state index in [9.17, 15) is 0 Å². The second-order valence-electron chi connectivity index (χ2n) is 3.74.